The quantitative estimate of drug-likeness (QED) is 0.926. The van der Waals surface area contributed by atoms with E-state index < -0.39 is 0 Å². The highest BCUT2D eigenvalue weighted by atomic mass is 35.5. The molecule has 1 atom stereocenters. The van der Waals surface area contributed by atoms with Crippen molar-refractivity contribution < 1.29 is 4.39 Å². The Hall–Kier alpha value is -1.72. The molecule has 1 aliphatic rings. The summed E-state index contributed by atoms with van der Waals surface area (Å²) in [7, 11) is 0. The molecule has 1 fully saturated rings. The van der Waals surface area contributed by atoms with Crippen LogP contribution in [0.2, 0.25) is 5.02 Å². The van der Waals surface area contributed by atoms with Gasteiger partial charge in [-0.1, -0.05) is 17.7 Å². The minimum atomic E-state index is -0.354. The van der Waals surface area contributed by atoms with E-state index in [4.69, 9.17) is 11.6 Å². The van der Waals surface area contributed by atoms with Gasteiger partial charge >= 0.3 is 0 Å². The van der Waals surface area contributed by atoms with E-state index in [0.29, 0.717) is 6.04 Å². The summed E-state index contributed by atoms with van der Waals surface area (Å²) in [5.41, 5.74) is 1.90. The molecule has 0 radical (unpaired) electrons. The number of likely N-dealkylation sites (tertiary alicyclic amines) is 1. The normalized spacial score (nSPS) is 18.8. The summed E-state index contributed by atoms with van der Waals surface area (Å²) in [5.74, 6) is 0.509. The van der Waals surface area contributed by atoms with Gasteiger partial charge in [0.15, 0.2) is 0 Å². The van der Waals surface area contributed by atoms with Crippen molar-refractivity contribution in [2.45, 2.75) is 32.4 Å². The van der Waals surface area contributed by atoms with Gasteiger partial charge in [-0.2, -0.15) is 0 Å². The fraction of sp³-hybridized carbons (Fsp3) is 0.412. The first-order chi connectivity index (χ1) is 11.1. The van der Waals surface area contributed by atoms with E-state index in [1.165, 1.54) is 6.07 Å². The number of piperidine rings is 1. The lowest BCUT2D eigenvalue weighted by molar-refractivity contribution is 0.208. The molecule has 2 heterocycles. The molecule has 1 saturated heterocycles. The Bertz CT molecular complexity index is 679. The number of aromatic nitrogens is 2. The average Bonchev–Trinajstić information content (AvgIpc) is 2.51. The second kappa shape index (κ2) is 7.23. The van der Waals surface area contributed by atoms with Gasteiger partial charge in [0.2, 0.25) is 0 Å². The van der Waals surface area contributed by atoms with Crippen LogP contribution in [0, 0.1) is 12.7 Å². The van der Waals surface area contributed by atoms with Crippen LogP contribution in [0.1, 0.15) is 24.1 Å². The molecule has 3 rings (SSSR count). The Morgan fingerprint density at radius 3 is 3.00 bits per heavy atom. The van der Waals surface area contributed by atoms with E-state index in [0.717, 1.165) is 49.6 Å². The zero-order chi connectivity index (χ0) is 16.2. The van der Waals surface area contributed by atoms with Crippen LogP contribution in [0.25, 0.3) is 0 Å². The Morgan fingerprint density at radius 1 is 1.35 bits per heavy atom. The number of rotatable bonds is 4. The van der Waals surface area contributed by atoms with Gasteiger partial charge in [-0.3, -0.25) is 4.90 Å². The summed E-state index contributed by atoms with van der Waals surface area (Å²) in [6, 6.07) is 7.32. The number of hydrogen-bond donors (Lipinski definition) is 1. The smallest absolute Gasteiger partial charge is 0.142 e. The first-order valence-corrected chi connectivity index (χ1v) is 8.19. The van der Waals surface area contributed by atoms with Gasteiger partial charge in [0, 0.05) is 30.9 Å². The van der Waals surface area contributed by atoms with E-state index in [9.17, 15) is 4.39 Å². The molecule has 0 aliphatic carbocycles. The molecule has 1 unspecified atom stereocenters. The van der Waals surface area contributed by atoms with Crippen LogP contribution in [0.4, 0.5) is 10.2 Å². The highest BCUT2D eigenvalue weighted by molar-refractivity contribution is 6.30. The minimum Gasteiger partial charge on any atom is -0.366 e. The standard InChI is InChI=1S/C17H20ClFN4/c1-12-7-17(21-11-20-12)22-14-3-2-6-23(10-14)9-13-4-5-15(18)16(19)8-13/h4-5,7-8,11,14H,2-3,6,9-10H2,1H3,(H,20,21,22). The molecule has 1 aromatic heterocycles. The molecule has 122 valence electrons. The molecule has 23 heavy (non-hydrogen) atoms. The summed E-state index contributed by atoms with van der Waals surface area (Å²) < 4.78 is 13.6. The summed E-state index contributed by atoms with van der Waals surface area (Å²) in [6.07, 6.45) is 3.79. The van der Waals surface area contributed by atoms with Crippen molar-refractivity contribution in [3.8, 4) is 0 Å². The first-order valence-electron chi connectivity index (χ1n) is 7.81. The van der Waals surface area contributed by atoms with Crippen LogP contribution >= 0.6 is 11.6 Å². The fourth-order valence-electron chi connectivity index (χ4n) is 2.96. The molecule has 2 aromatic rings. The van der Waals surface area contributed by atoms with Crippen LogP contribution in [0.3, 0.4) is 0 Å². The largest absolute Gasteiger partial charge is 0.366 e. The van der Waals surface area contributed by atoms with E-state index in [2.05, 4.69) is 20.2 Å². The van der Waals surface area contributed by atoms with Crippen LogP contribution < -0.4 is 5.32 Å². The van der Waals surface area contributed by atoms with Gasteiger partial charge in [-0.25, -0.2) is 14.4 Å². The van der Waals surface area contributed by atoms with E-state index in [-0.39, 0.29) is 10.8 Å². The average molecular weight is 335 g/mol. The van der Waals surface area contributed by atoms with Crippen LogP contribution in [-0.2, 0) is 6.54 Å². The van der Waals surface area contributed by atoms with Crippen LogP contribution in [-0.4, -0.2) is 34.0 Å². The zero-order valence-corrected chi connectivity index (χ0v) is 13.9. The zero-order valence-electron chi connectivity index (χ0n) is 13.1. The third-order valence-corrected chi connectivity index (χ3v) is 4.36. The van der Waals surface area contributed by atoms with E-state index in [1.807, 2.05) is 19.1 Å². The Labute approximate surface area is 140 Å². The summed E-state index contributed by atoms with van der Waals surface area (Å²) >= 11 is 5.74. The van der Waals surface area contributed by atoms with Gasteiger partial charge in [0.05, 0.1) is 5.02 Å². The number of anilines is 1. The molecule has 0 spiro atoms. The molecule has 0 saturated carbocycles. The topological polar surface area (TPSA) is 41.0 Å². The van der Waals surface area contributed by atoms with Crippen molar-refractivity contribution in [2.75, 3.05) is 18.4 Å². The SMILES string of the molecule is Cc1cc(NC2CCCN(Cc3ccc(Cl)c(F)c3)C2)ncn1. The fourth-order valence-corrected chi connectivity index (χ4v) is 3.07. The first kappa shape index (κ1) is 16.1. The van der Waals surface area contributed by atoms with Crippen molar-refractivity contribution in [3.63, 3.8) is 0 Å². The number of aryl methyl sites for hydroxylation is 1. The van der Waals surface area contributed by atoms with Crippen molar-refractivity contribution in [3.05, 3.63) is 52.7 Å². The third kappa shape index (κ3) is 4.39. The lowest BCUT2D eigenvalue weighted by atomic mass is 10.0. The lowest BCUT2D eigenvalue weighted by Crippen LogP contribution is -2.41. The molecule has 4 nitrogen and oxygen atoms in total. The number of nitrogens with one attached hydrogen (secondary N) is 1. The third-order valence-electron chi connectivity index (χ3n) is 4.05. The van der Waals surface area contributed by atoms with Gasteiger partial charge in [0.1, 0.15) is 18.0 Å². The molecule has 6 heteroatoms. The molecule has 0 amide bonds. The molecule has 1 aliphatic heterocycles. The second-order valence-electron chi connectivity index (χ2n) is 6.01. The maximum atomic E-state index is 13.6. The number of hydrogen-bond acceptors (Lipinski definition) is 4. The van der Waals surface area contributed by atoms with Gasteiger partial charge in [-0.15, -0.1) is 0 Å². The Morgan fingerprint density at radius 2 is 2.22 bits per heavy atom. The Balaban J connectivity index is 1.60. The maximum absolute atomic E-state index is 13.6. The van der Waals surface area contributed by atoms with E-state index >= 15 is 0 Å². The van der Waals surface area contributed by atoms with Crippen molar-refractivity contribution in [1.29, 1.82) is 0 Å². The summed E-state index contributed by atoms with van der Waals surface area (Å²) in [4.78, 5) is 10.7. The van der Waals surface area contributed by atoms with E-state index in [1.54, 1.807) is 12.4 Å². The minimum absolute atomic E-state index is 0.172. The molecule has 0 bridgehead atoms. The van der Waals surface area contributed by atoms with Crippen LogP contribution in [0.5, 0.6) is 0 Å². The number of halogens is 2. The summed E-state index contributed by atoms with van der Waals surface area (Å²) in [5, 5.41) is 3.64. The predicted molar refractivity (Wildman–Crippen MR) is 90.1 cm³/mol. The van der Waals surface area contributed by atoms with Crippen LogP contribution in [0.15, 0.2) is 30.6 Å². The van der Waals surface area contributed by atoms with Crippen molar-refractivity contribution in [1.82, 2.24) is 14.9 Å². The van der Waals surface area contributed by atoms with Gasteiger partial charge in [0.25, 0.3) is 0 Å². The summed E-state index contributed by atoms with van der Waals surface area (Å²) in [6.45, 7) is 4.61. The predicted octanol–water partition coefficient (Wildman–Crippen LogP) is 3.65. The number of benzene rings is 1. The molecular weight excluding hydrogens is 315 g/mol. The monoisotopic (exact) mass is 334 g/mol. The number of nitrogens with zero attached hydrogens (tertiary/aromatic N) is 3. The molecular formula is C17H20ClFN4. The maximum Gasteiger partial charge on any atom is 0.142 e. The lowest BCUT2D eigenvalue weighted by Gasteiger charge is -2.33. The highest BCUT2D eigenvalue weighted by Crippen LogP contribution is 2.20. The van der Waals surface area contributed by atoms with Crippen molar-refractivity contribution >= 4 is 17.4 Å². The Kier molecular flexibility index (Phi) is 5.08. The van der Waals surface area contributed by atoms with Gasteiger partial charge < -0.3 is 5.32 Å². The van der Waals surface area contributed by atoms with Crippen molar-refractivity contribution in [2.24, 2.45) is 0 Å². The molecule has 1 aromatic carbocycles. The molecule has 1 N–H and O–H groups in total. The second-order valence-corrected chi connectivity index (χ2v) is 6.42. The highest BCUT2D eigenvalue weighted by Gasteiger charge is 2.20. The van der Waals surface area contributed by atoms with Gasteiger partial charge in [-0.05, 0) is 44.0 Å².